The minimum Gasteiger partial charge on any atom is -0.427 e. The molecule has 0 unspecified atom stereocenters. The van der Waals surface area contributed by atoms with E-state index in [1.54, 1.807) is 36.4 Å². The van der Waals surface area contributed by atoms with Crippen molar-refractivity contribution in [2.24, 2.45) is 5.92 Å². The number of benzene rings is 1. The molecule has 1 aromatic heterocycles. The first-order chi connectivity index (χ1) is 18.2. The average Bonchev–Trinajstić information content (AvgIpc) is 2.90. The average molecular weight is 520 g/mol. The molecule has 38 heavy (non-hydrogen) atoms. The van der Waals surface area contributed by atoms with Crippen LogP contribution in [0.2, 0.25) is 6.32 Å². The molecule has 11 nitrogen and oxygen atoms in total. The second kappa shape index (κ2) is 15.9. The number of hydrogen-bond acceptors (Lipinski definition) is 8. The SMILES string of the molecule is CC(C)C=C(C#N)C(=O)NCCCC[C@H](NC(=O)c1cnccn1)C(=O)N[C@H](CB(O)O)c1ccccc1. The smallest absolute Gasteiger partial charge is 0.427 e. The number of carbonyl (C=O) groups excluding carboxylic acids is 3. The number of unbranched alkanes of at least 4 members (excludes halogenated alkanes) is 1. The topological polar surface area (TPSA) is 177 Å². The Hall–Kier alpha value is -4.08. The molecular formula is C26H33BN6O5. The van der Waals surface area contributed by atoms with Gasteiger partial charge in [0.1, 0.15) is 23.4 Å². The second-order valence-corrected chi connectivity index (χ2v) is 8.99. The summed E-state index contributed by atoms with van der Waals surface area (Å²) in [6, 6.07) is 9.09. The normalized spacial score (nSPS) is 12.7. The maximum Gasteiger partial charge on any atom is 0.453 e. The van der Waals surface area contributed by atoms with Gasteiger partial charge in [-0.3, -0.25) is 19.4 Å². The lowest BCUT2D eigenvalue weighted by atomic mass is 9.79. The Morgan fingerprint density at radius 3 is 2.45 bits per heavy atom. The van der Waals surface area contributed by atoms with Crippen LogP contribution in [0.25, 0.3) is 0 Å². The highest BCUT2D eigenvalue weighted by Crippen LogP contribution is 2.18. The number of rotatable bonds is 14. The molecule has 3 amide bonds. The molecule has 0 saturated carbocycles. The van der Waals surface area contributed by atoms with E-state index in [4.69, 9.17) is 5.26 Å². The van der Waals surface area contributed by atoms with Gasteiger partial charge in [0.05, 0.1) is 12.2 Å². The van der Waals surface area contributed by atoms with Crippen molar-refractivity contribution < 1.29 is 24.4 Å². The highest BCUT2D eigenvalue weighted by Gasteiger charge is 2.27. The van der Waals surface area contributed by atoms with Crippen molar-refractivity contribution >= 4 is 24.8 Å². The van der Waals surface area contributed by atoms with Gasteiger partial charge in [-0.2, -0.15) is 5.26 Å². The first-order valence-electron chi connectivity index (χ1n) is 12.4. The molecule has 1 aromatic carbocycles. The summed E-state index contributed by atoms with van der Waals surface area (Å²) in [6.07, 6.45) is 6.72. The van der Waals surface area contributed by atoms with Crippen molar-refractivity contribution in [1.29, 1.82) is 5.26 Å². The summed E-state index contributed by atoms with van der Waals surface area (Å²) in [5.74, 6) is -1.49. The van der Waals surface area contributed by atoms with Crippen LogP contribution < -0.4 is 16.0 Å². The van der Waals surface area contributed by atoms with Crippen molar-refractivity contribution in [3.8, 4) is 6.07 Å². The van der Waals surface area contributed by atoms with Crippen LogP contribution in [-0.4, -0.2) is 57.4 Å². The van der Waals surface area contributed by atoms with Crippen LogP contribution in [0.4, 0.5) is 0 Å². The van der Waals surface area contributed by atoms with Crippen LogP contribution in [0.5, 0.6) is 0 Å². The van der Waals surface area contributed by atoms with Crippen molar-refractivity contribution in [3.63, 3.8) is 0 Å². The summed E-state index contributed by atoms with van der Waals surface area (Å²) in [5, 5.41) is 36.4. The van der Waals surface area contributed by atoms with Crippen LogP contribution in [0.1, 0.15) is 55.2 Å². The minimum absolute atomic E-state index is 0.0453. The van der Waals surface area contributed by atoms with Crippen molar-refractivity contribution in [3.05, 3.63) is 71.8 Å². The van der Waals surface area contributed by atoms with E-state index in [0.29, 0.717) is 18.4 Å². The first kappa shape index (κ1) is 30.2. The van der Waals surface area contributed by atoms with Gasteiger partial charge in [0.25, 0.3) is 11.8 Å². The first-order valence-corrected chi connectivity index (χ1v) is 12.4. The fraction of sp³-hybridized carbons (Fsp3) is 0.385. The van der Waals surface area contributed by atoms with E-state index >= 15 is 0 Å². The lowest BCUT2D eigenvalue weighted by Gasteiger charge is -2.24. The van der Waals surface area contributed by atoms with Crippen molar-refractivity contribution in [2.75, 3.05) is 6.54 Å². The molecule has 200 valence electrons. The molecule has 0 aliphatic heterocycles. The number of nitrogens with one attached hydrogen (secondary N) is 3. The van der Waals surface area contributed by atoms with Crippen LogP contribution in [0, 0.1) is 17.2 Å². The van der Waals surface area contributed by atoms with Gasteiger partial charge >= 0.3 is 7.12 Å². The summed E-state index contributed by atoms with van der Waals surface area (Å²) >= 11 is 0. The van der Waals surface area contributed by atoms with E-state index < -0.39 is 36.9 Å². The fourth-order valence-corrected chi connectivity index (χ4v) is 3.63. The quantitative estimate of drug-likeness (QED) is 0.107. The van der Waals surface area contributed by atoms with E-state index in [1.165, 1.54) is 18.6 Å². The van der Waals surface area contributed by atoms with Gasteiger partial charge < -0.3 is 26.0 Å². The van der Waals surface area contributed by atoms with Gasteiger partial charge in [0.15, 0.2) is 0 Å². The Balaban J connectivity index is 2.06. The molecule has 0 aliphatic rings. The Morgan fingerprint density at radius 1 is 1.11 bits per heavy atom. The molecule has 0 saturated heterocycles. The molecule has 2 aromatic rings. The van der Waals surface area contributed by atoms with Crippen LogP contribution in [0.15, 0.2) is 60.6 Å². The molecule has 12 heteroatoms. The summed E-state index contributed by atoms with van der Waals surface area (Å²) in [4.78, 5) is 46.0. The Labute approximate surface area is 222 Å². The second-order valence-electron chi connectivity index (χ2n) is 8.99. The van der Waals surface area contributed by atoms with E-state index in [0.717, 1.165) is 0 Å². The van der Waals surface area contributed by atoms with E-state index in [2.05, 4.69) is 25.9 Å². The lowest BCUT2D eigenvalue weighted by molar-refractivity contribution is -0.124. The molecule has 2 atom stereocenters. The zero-order valence-electron chi connectivity index (χ0n) is 21.5. The standard InChI is InChI=1S/C26H33BN6O5/c1-18(2)14-20(16-28)24(34)31-11-7-6-10-21(32-26(36)23-17-29-12-13-30-23)25(35)33-22(15-27(37)38)19-8-4-3-5-9-19/h3-5,8-9,12-14,17-18,21-22,37-38H,6-7,10-11,15H2,1-2H3,(H,31,34)(H,32,36)(H,33,35)/t21-,22+/m0/s1. The molecule has 0 bridgehead atoms. The summed E-state index contributed by atoms with van der Waals surface area (Å²) in [5.41, 5.74) is 0.772. The molecule has 5 N–H and O–H groups in total. The third-order valence-corrected chi connectivity index (χ3v) is 5.45. The number of nitrogens with zero attached hydrogens (tertiary/aromatic N) is 3. The lowest BCUT2D eigenvalue weighted by Crippen LogP contribution is -2.48. The Bertz CT molecular complexity index is 1120. The molecule has 0 radical (unpaired) electrons. The molecule has 0 aliphatic carbocycles. The van der Waals surface area contributed by atoms with Crippen LogP contribution in [0.3, 0.4) is 0 Å². The van der Waals surface area contributed by atoms with Crippen molar-refractivity contribution in [2.45, 2.75) is 51.5 Å². The molecule has 2 rings (SSSR count). The minimum atomic E-state index is -1.65. The maximum atomic E-state index is 13.2. The Kier molecular flexibility index (Phi) is 12.6. The number of amides is 3. The highest BCUT2D eigenvalue weighted by molar-refractivity contribution is 6.41. The zero-order valence-corrected chi connectivity index (χ0v) is 21.5. The van der Waals surface area contributed by atoms with Gasteiger partial charge in [-0.15, -0.1) is 0 Å². The molecule has 0 spiro atoms. The molecular weight excluding hydrogens is 487 g/mol. The van der Waals surface area contributed by atoms with Crippen LogP contribution >= 0.6 is 0 Å². The van der Waals surface area contributed by atoms with Gasteiger partial charge in [-0.25, -0.2) is 4.98 Å². The van der Waals surface area contributed by atoms with E-state index in [9.17, 15) is 24.4 Å². The predicted molar refractivity (Wildman–Crippen MR) is 141 cm³/mol. The number of aromatic nitrogens is 2. The van der Waals surface area contributed by atoms with E-state index in [1.807, 2.05) is 19.9 Å². The molecule has 1 heterocycles. The van der Waals surface area contributed by atoms with Crippen LogP contribution in [-0.2, 0) is 9.59 Å². The van der Waals surface area contributed by atoms with Crippen molar-refractivity contribution in [1.82, 2.24) is 25.9 Å². The largest absolute Gasteiger partial charge is 0.453 e. The third kappa shape index (κ3) is 10.5. The van der Waals surface area contributed by atoms with E-state index in [-0.39, 0.29) is 36.5 Å². The number of allylic oxidation sites excluding steroid dienone is 1. The fourth-order valence-electron chi connectivity index (χ4n) is 3.63. The number of hydrogen-bond donors (Lipinski definition) is 5. The third-order valence-electron chi connectivity index (χ3n) is 5.45. The van der Waals surface area contributed by atoms with Gasteiger partial charge in [-0.1, -0.05) is 50.3 Å². The Morgan fingerprint density at radius 2 is 1.84 bits per heavy atom. The predicted octanol–water partition coefficient (Wildman–Crippen LogP) is 1.30. The zero-order chi connectivity index (χ0) is 27.9. The van der Waals surface area contributed by atoms with Gasteiger partial charge in [0, 0.05) is 25.3 Å². The summed E-state index contributed by atoms with van der Waals surface area (Å²) in [7, 11) is -1.65. The number of nitriles is 1. The monoisotopic (exact) mass is 520 g/mol. The summed E-state index contributed by atoms with van der Waals surface area (Å²) < 4.78 is 0. The van der Waals surface area contributed by atoms with Gasteiger partial charge in [0.2, 0.25) is 5.91 Å². The molecule has 0 fully saturated rings. The van der Waals surface area contributed by atoms with Gasteiger partial charge in [-0.05, 0) is 30.7 Å². The summed E-state index contributed by atoms with van der Waals surface area (Å²) in [6.45, 7) is 4.02. The number of carbonyl (C=O) groups is 3. The highest BCUT2D eigenvalue weighted by atomic mass is 16.4. The maximum absolute atomic E-state index is 13.2.